The Hall–Kier alpha value is -1.10. The minimum absolute atomic E-state index is 0.0962. The lowest BCUT2D eigenvalue weighted by Gasteiger charge is -2.32. The van der Waals surface area contributed by atoms with Crippen LogP contribution < -0.4 is 5.32 Å². The third-order valence-corrected chi connectivity index (χ3v) is 2.59. The molecule has 0 aromatic rings. The van der Waals surface area contributed by atoms with Crippen LogP contribution in [0.3, 0.4) is 0 Å². The van der Waals surface area contributed by atoms with Crippen molar-refractivity contribution in [2.24, 2.45) is 0 Å². The average Bonchev–Trinajstić information content (AvgIpc) is 2.44. The van der Waals surface area contributed by atoms with E-state index in [1.165, 1.54) is 4.90 Å². The number of nitrogens with zero attached hydrogens (tertiary/aromatic N) is 1. The normalized spacial score (nSPS) is 38.9. The molecule has 5 nitrogen and oxygen atoms in total. The quantitative estimate of drug-likeness (QED) is 0.479. The van der Waals surface area contributed by atoms with E-state index in [9.17, 15) is 14.7 Å². The van der Waals surface area contributed by atoms with Gasteiger partial charge in [-0.2, -0.15) is 0 Å². The molecule has 2 N–H and O–H groups in total. The van der Waals surface area contributed by atoms with Crippen LogP contribution in [0.4, 0.5) is 0 Å². The maximum absolute atomic E-state index is 11.5. The Morgan fingerprint density at radius 2 is 2.23 bits per heavy atom. The second-order valence-electron chi connectivity index (χ2n) is 3.63. The van der Waals surface area contributed by atoms with Crippen molar-refractivity contribution in [3.63, 3.8) is 0 Å². The van der Waals surface area contributed by atoms with E-state index in [4.69, 9.17) is 0 Å². The molecule has 0 unspecified atom stereocenters. The molecular formula is C8H12N2O3. The van der Waals surface area contributed by atoms with Crippen molar-refractivity contribution < 1.29 is 14.7 Å². The first-order valence-corrected chi connectivity index (χ1v) is 4.38. The Kier molecular flexibility index (Phi) is 1.76. The minimum Gasteiger partial charge on any atom is -0.391 e. The largest absolute Gasteiger partial charge is 0.391 e. The zero-order valence-electron chi connectivity index (χ0n) is 7.36. The standard InChI is InChI=1S/C8H12N2O3/c1-4-8(13)10-3-5(11)2-6(10)7(12)9-4/h4-6,11H,2-3H2,1H3,(H,9,12)/t4-,5+,6-/m0/s1. The van der Waals surface area contributed by atoms with Gasteiger partial charge in [0.1, 0.15) is 12.1 Å². The Labute approximate surface area is 75.7 Å². The van der Waals surface area contributed by atoms with Crippen LogP contribution in [0.1, 0.15) is 13.3 Å². The number of amides is 2. The zero-order chi connectivity index (χ0) is 9.59. The number of rotatable bonds is 0. The second-order valence-corrected chi connectivity index (χ2v) is 3.63. The van der Waals surface area contributed by atoms with Crippen LogP contribution in [0.5, 0.6) is 0 Å². The zero-order valence-corrected chi connectivity index (χ0v) is 7.36. The van der Waals surface area contributed by atoms with E-state index in [1.807, 2.05) is 0 Å². The number of carbonyl (C=O) groups is 2. The molecule has 2 fully saturated rings. The van der Waals surface area contributed by atoms with Crippen molar-refractivity contribution in [3.05, 3.63) is 0 Å². The topological polar surface area (TPSA) is 69.6 Å². The first kappa shape index (κ1) is 8.50. The van der Waals surface area contributed by atoms with Gasteiger partial charge in [-0.25, -0.2) is 0 Å². The van der Waals surface area contributed by atoms with E-state index in [2.05, 4.69) is 5.32 Å². The van der Waals surface area contributed by atoms with Crippen molar-refractivity contribution >= 4 is 11.8 Å². The van der Waals surface area contributed by atoms with Gasteiger partial charge in [-0.15, -0.1) is 0 Å². The number of carbonyl (C=O) groups excluding carboxylic acids is 2. The van der Waals surface area contributed by atoms with Gasteiger partial charge in [0.05, 0.1) is 6.10 Å². The van der Waals surface area contributed by atoms with Crippen LogP contribution in [0, 0.1) is 0 Å². The fourth-order valence-corrected chi connectivity index (χ4v) is 1.93. The number of aliphatic hydroxyl groups is 1. The molecule has 0 bridgehead atoms. The molecule has 3 atom stereocenters. The smallest absolute Gasteiger partial charge is 0.245 e. The Morgan fingerprint density at radius 1 is 1.54 bits per heavy atom. The molecule has 2 heterocycles. The lowest BCUT2D eigenvalue weighted by atomic mass is 10.1. The average molecular weight is 184 g/mol. The fraction of sp³-hybridized carbons (Fsp3) is 0.750. The molecular weight excluding hydrogens is 172 g/mol. The number of hydrogen-bond acceptors (Lipinski definition) is 3. The van der Waals surface area contributed by atoms with Crippen LogP contribution in [0.2, 0.25) is 0 Å². The summed E-state index contributed by atoms with van der Waals surface area (Å²) in [5.41, 5.74) is 0. The lowest BCUT2D eigenvalue weighted by molar-refractivity contribution is -0.146. The summed E-state index contributed by atoms with van der Waals surface area (Å²) in [4.78, 5) is 24.3. The van der Waals surface area contributed by atoms with E-state index >= 15 is 0 Å². The van der Waals surface area contributed by atoms with Crippen molar-refractivity contribution in [1.82, 2.24) is 10.2 Å². The first-order valence-electron chi connectivity index (χ1n) is 4.38. The summed E-state index contributed by atoms with van der Waals surface area (Å²) in [5, 5.41) is 11.9. The summed E-state index contributed by atoms with van der Waals surface area (Å²) in [6.45, 7) is 1.95. The van der Waals surface area contributed by atoms with Crippen molar-refractivity contribution in [2.75, 3.05) is 6.54 Å². The summed E-state index contributed by atoms with van der Waals surface area (Å²) in [6, 6.07) is -0.896. The van der Waals surface area contributed by atoms with E-state index in [-0.39, 0.29) is 11.8 Å². The third-order valence-electron chi connectivity index (χ3n) is 2.59. The second kappa shape index (κ2) is 2.70. The molecule has 2 saturated heterocycles. The predicted molar refractivity (Wildman–Crippen MR) is 43.7 cm³/mol. The van der Waals surface area contributed by atoms with Crippen LogP contribution in [0.25, 0.3) is 0 Å². The van der Waals surface area contributed by atoms with Gasteiger partial charge in [-0.05, 0) is 6.92 Å². The molecule has 5 heteroatoms. The molecule has 0 aromatic carbocycles. The molecule has 2 amide bonds. The highest BCUT2D eigenvalue weighted by Gasteiger charge is 2.44. The molecule has 13 heavy (non-hydrogen) atoms. The van der Waals surface area contributed by atoms with Gasteiger partial charge in [0.2, 0.25) is 11.8 Å². The number of fused-ring (bicyclic) bond motifs is 1. The van der Waals surface area contributed by atoms with Gasteiger partial charge in [0.25, 0.3) is 0 Å². The van der Waals surface area contributed by atoms with Crippen molar-refractivity contribution in [2.45, 2.75) is 31.5 Å². The SMILES string of the molecule is C[C@@H]1NC(=O)[C@@H]2C[C@@H](O)CN2C1=O. The molecule has 0 saturated carbocycles. The van der Waals surface area contributed by atoms with Crippen LogP contribution in [-0.4, -0.2) is 46.6 Å². The molecule has 0 spiro atoms. The molecule has 0 radical (unpaired) electrons. The molecule has 72 valence electrons. The summed E-state index contributed by atoms with van der Waals surface area (Å²) >= 11 is 0. The summed E-state index contributed by atoms with van der Waals surface area (Å²) in [5.74, 6) is -0.246. The van der Waals surface area contributed by atoms with Gasteiger partial charge in [0, 0.05) is 13.0 Å². The highest BCUT2D eigenvalue weighted by atomic mass is 16.3. The number of piperazine rings is 1. The highest BCUT2D eigenvalue weighted by Crippen LogP contribution is 2.22. The number of nitrogens with one attached hydrogen (secondary N) is 1. The maximum atomic E-state index is 11.5. The molecule has 2 aliphatic heterocycles. The molecule has 0 aliphatic carbocycles. The van der Waals surface area contributed by atoms with Crippen LogP contribution in [-0.2, 0) is 9.59 Å². The van der Waals surface area contributed by atoms with Crippen LogP contribution >= 0.6 is 0 Å². The summed E-state index contributed by atoms with van der Waals surface area (Å²) in [7, 11) is 0. The molecule has 0 aromatic heterocycles. The van der Waals surface area contributed by atoms with Gasteiger partial charge in [0.15, 0.2) is 0 Å². The molecule has 2 aliphatic rings. The summed E-state index contributed by atoms with van der Waals surface area (Å²) in [6.07, 6.45) is -0.186. The van der Waals surface area contributed by atoms with Crippen molar-refractivity contribution in [3.8, 4) is 0 Å². The van der Waals surface area contributed by atoms with Gasteiger partial charge in [-0.1, -0.05) is 0 Å². The van der Waals surface area contributed by atoms with E-state index in [1.54, 1.807) is 6.92 Å². The van der Waals surface area contributed by atoms with E-state index < -0.39 is 18.2 Å². The van der Waals surface area contributed by atoms with E-state index in [0.29, 0.717) is 13.0 Å². The van der Waals surface area contributed by atoms with Gasteiger partial charge in [-0.3, -0.25) is 9.59 Å². The third kappa shape index (κ3) is 1.19. The van der Waals surface area contributed by atoms with Gasteiger partial charge >= 0.3 is 0 Å². The predicted octanol–water partition coefficient (Wildman–Crippen LogP) is -1.53. The number of aliphatic hydroxyl groups excluding tert-OH is 1. The lowest BCUT2D eigenvalue weighted by Crippen LogP contribution is -2.59. The Bertz CT molecular complexity index is 266. The Morgan fingerprint density at radius 3 is 2.92 bits per heavy atom. The highest BCUT2D eigenvalue weighted by molar-refractivity contribution is 5.97. The van der Waals surface area contributed by atoms with Gasteiger partial charge < -0.3 is 15.3 Å². The summed E-state index contributed by atoms with van der Waals surface area (Å²) < 4.78 is 0. The monoisotopic (exact) mass is 184 g/mol. The van der Waals surface area contributed by atoms with E-state index in [0.717, 1.165) is 0 Å². The maximum Gasteiger partial charge on any atom is 0.245 e. The van der Waals surface area contributed by atoms with Crippen LogP contribution in [0.15, 0.2) is 0 Å². The minimum atomic E-state index is -0.551. The number of hydrogen-bond donors (Lipinski definition) is 2. The van der Waals surface area contributed by atoms with Crippen molar-refractivity contribution in [1.29, 1.82) is 0 Å². The first-order chi connectivity index (χ1) is 6.09. The molecule has 2 rings (SSSR count). The fourth-order valence-electron chi connectivity index (χ4n) is 1.93. The Balaban J connectivity index is 2.23.